The van der Waals surface area contributed by atoms with Gasteiger partial charge in [0.15, 0.2) is 0 Å². The molecule has 0 saturated carbocycles. The summed E-state index contributed by atoms with van der Waals surface area (Å²) in [6.07, 6.45) is 0. The van der Waals surface area contributed by atoms with E-state index in [1.54, 1.807) is 24.3 Å². The van der Waals surface area contributed by atoms with Gasteiger partial charge in [-0.15, -0.1) is 0 Å². The monoisotopic (exact) mass is 204 g/mol. The molecule has 1 unspecified atom stereocenters. The van der Waals surface area contributed by atoms with Crippen LogP contribution in [0.15, 0.2) is 30.3 Å². The van der Waals surface area contributed by atoms with Crippen molar-refractivity contribution in [1.29, 1.82) is 0 Å². The molecule has 0 heterocycles. The summed E-state index contributed by atoms with van der Waals surface area (Å²) < 4.78 is 4.96. The van der Waals surface area contributed by atoms with Gasteiger partial charge in [0.25, 0.3) is 5.24 Å². The summed E-state index contributed by atoms with van der Waals surface area (Å²) in [6.45, 7) is 0. The Morgan fingerprint density at radius 3 is 2.42 bits per heavy atom. The van der Waals surface area contributed by atoms with Crippen LogP contribution in [0.25, 0.3) is 0 Å². The molecular weight excluding hydrogens is 199 g/mol. The molecule has 0 N–H and O–H groups in total. The molecule has 1 atom stereocenters. The summed E-state index contributed by atoms with van der Waals surface area (Å²) in [6, 6.07) is 8.76. The number of benzene rings is 1. The minimum absolute atomic E-state index is 0.520. The molecule has 0 aliphatic rings. The average molecular weight is 205 g/mol. The van der Waals surface area contributed by atoms with Crippen LogP contribution in [-0.2, 0) is 4.79 Å². The van der Waals surface area contributed by atoms with Crippen LogP contribution >= 0.6 is 23.2 Å². The van der Waals surface area contributed by atoms with Gasteiger partial charge in [-0.1, -0.05) is 29.8 Å². The normalized spacial score (nSPS) is 12.2. The molecule has 64 valence electrons. The second kappa shape index (κ2) is 4.33. The number of alkyl halides is 1. The molecule has 1 aromatic rings. The van der Waals surface area contributed by atoms with Crippen LogP contribution in [0.4, 0.5) is 0 Å². The third-order valence-corrected chi connectivity index (χ3v) is 1.76. The number of ether oxygens (including phenoxy) is 1. The largest absolute Gasteiger partial charge is 0.466 e. The Morgan fingerprint density at radius 2 is 1.92 bits per heavy atom. The summed E-state index contributed by atoms with van der Waals surface area (Å²) in [5, 5.41) is -0.722. The number of rotatable bonds is 3. The van der Waals surface area contributed by atoms with E-state index in [-0.39, 0.29) is 0 Å². The van der Waals surface area contributed by atoms with Crippen LogP contribution in [-0.4, -0.2) is 10.8 Å². The van der Waals surface area contributed by atoms with Crippen LogP contribution in [0.5, 0.6) is 5.75 Å². The second-order valence-corrected chi connectivity index (χ2v) is 2.82. The van der Waals surface area contributed by atoms with E-state index in [9.17, 15) is 4.79 Å². The van der Waals surface area contributed by atoms with Gasteiger partial charge in [-0.25, -0.2) is 0 Å². The van der Waals surface area contributed by atoms with Gasteiger partial charge in [0.1, 0.15) is 5.75 Å². The van der Waals surface area contributed by atoms with Gasteiger partial charge in [0.2, 0.25) is 5.56 Å². The van der Waals surface area contributed by atoms with Crippen molar-refractivity contribution in [1.82, 2.24) is 0 Å². The van der Waals surface area contributed by atoms with Crippen LogP contribution in [0.2, 0.25) is 0 Å². The molecule has 2 nitrogen and oxygen atoms in total. The lowest BCUT2D eigenvalue weighted by Crippen LogP contribution is -2.15. The Bertz CT molecular complexity index is 261. The Kier molecular flexibility index (Phi) is 3.38. The molecule has 12 heavy (non-hydrogen) atoms. The standard InChI is InChI=1S/C8H6Cl2O2/c9-7(11)8(10)12-6-4-2-1-3-5-6/h1-5,8H. The van der Waals surface area contributed by atoms with Crippen molar-refractivity contribution in [3.05, 3.63) is 30.3 Å². The van der Waals surface area contributed by atoms with Gasteiger partial charge >= 0.3 is 0 Å². The van der Waals surface area contributed by atoms with Gasteiger partial charge in [-0.05, 0) is 23.7 Å². The van der Waals surface area contributed by atoms with E-state index >= 15 is 0 Å². The molecule has 0 radical (unpaired) electrons. The fourth-order valence-corrected chi connectivity index (χ4v) is 0.812. The van der Waals surface area contributed by atoms with Crippen molar-refractivity contribution >= 4 is 28.4 Å². The van der Waals surface area contributed by atoms with Crippen molar-refractivity contribution in [3.63, 3.8) is 0 Å². The lowest BCUT2D eigenvalue weighted by molar-refractivity contribution is -0.114. The van der Waals surface area contributed by atoms with Crippen molar-refractivity contribution < 1.29 is 9.53 Å². The molecule has 1 rings (SSSR count). The van der Waals surface area contributed by atoms with Crippen LogP contribution in [0.3, 0.4) is 0 Å². The highest BCUT2D eigenvalue weighted by molar-refractivity contribution is 6.68. The second-order valence-electron chi connectivity index (χ2n) is 2.05. The zero-order valence-corrected chi connectivity index (χ0v) is 7.55. The number of carbonyl (C=O) groups is 1. The van der Waals surface area contributed by atoms with Crippen molar-refractivity contribution in [2.45, 2.75) is 5.56 Å². The van der Waals surface area contributed by atoms with E-state index in [2.05, 4.69) is 0 Å². The maximum absolute atomic E-state index is 10.5. The zero-order valence-electron chi connectivity index (χ0n) is 6.04. The summed E-state index contributed by atoms with van der Waals surface area (Å²) >= 11 is 10.5. The van der Waals surface area contributed by atoms with E-state index in [1.165, 1.54) is 0 Å². The maximum Gasteiger partial charge on any atom is 0.278 e. The van der Waals surface area contributed by atoms with E-state index in [1.807, 2.05) is 6.07 Å². The third-order valence-electron chi connectivity index (χ3n) is 1.16. The third kappa shape index (κ3) is 2.72. The average Bonchev–Trinajstić information content (AvgIpc) is 2.06. The molecule has 0 aliphatic heterocycles. The summed E-state index contributed by atoms with van der Waals surface area (Å²) in [7, 11) is 0. The first-order chi connectivity index (χ1) is 5.70. The lowest BCUT2D eigenvalue weighted by Gasteiger charge is -2.07. The van der Waals surface area contributed by atoms with Crippen molar-refractivity contribution in [3.8, 4) is 5.75 Å². The highest BCUT2D eigenvalue weighted by atomic mass is 35.5. The number of para-hydroxylation sites is 1. The molecule has 0 aromatic heterocycles. The number of hydrogen-bond acceptors (Lipinski definition) is 2. The quantitative estimate of drug-likeness (QED) is 0.559. The number of halogens is 2. The summed E-state index contributed by atoms with van der Waals surface area (Å²) in [5.74, 6) is 0.520. The molecule has 4 heteroatoms. The highest BCUT2D eigenvalue weighted by Gasteiger charge is 2.13. The van der Waals surface area contributed by atoms with Gasteiger partial charge in [0.05, 0.1) is 0 Å². The molecule has 1 aromatic carbocycles. The Balaban J connectivity index is 2.58. The first-order valence-electron chi connectivity index (χ1n) is 3.25. The fraction of sp³-hybridized carbons (Fsp3) is 0.125. The Morgan fingerprint density at radius 1 is 1.33 bits per heavy atom. The molecule has 0 spiro atoms. The minimum atomic E-state index is -1.12. The maximum atomic E-state index is 10.5. The predicted molar refractivity (Wildman–Crippen MR) is 47.6 cm³/mol. The van der Waals surface area contributed by atoms with E-state index < -0.39 is 10.8 Å². The molecule has 0 saturated heterocycles. The molecular formula is C8H6Cl2O2. The summed E-state index contributed by atoms with van der Waals surface area (Å²) in [5.41, 5.74) is -1.12. The molecule has 0 aliphatic carbocycles. The van der Waals surface area contributed by atoms with Gasteiger partial charge in [-0.2, -0.15) is 0 Å². The first kappa shape index (κ1) is 9.36. The molecule has 0 bridgehead atoms. The number of hydrogen-bond donors (Lipinski definition) is 0. The van der Waals surface area contributed by atoms with Crippen LogP contribution in [0, 0.1) is 0 Å². The molecule has 0 amide bonds. The predicted octanol–water partition coefficient (Wildman–Crippen LogP) is 2.40. The number of carbonyl (C=O) groups excluding carboxylic acids is 1. The SMILES string of the molecule is O=C(Cl)C(Cl)Oc1ccccc1. The van der Waals surface area contributed by atoms with Crippen LogP contribution in [0.1, 0.15) is 0 Å². The van der Waals surface area contributed by atoms with Crippen molar-refractivity contribution in [2.24, 2.45) is 0 Å². The van der Waals surface area contributed by atoms with E-state index in [0.29, 0.717) is 5.75 Å². The Labute approximate surface area is 80.0 Å². The summed E-state index contributed by atoms with van der Waals surface area (Å²) in [4.78, 5) is 10.5. The van der Waals surface area contributed by atoms with E-state index in [0.717, 1.165) is 0 Å². The smallest absolute Gasteiger partial charge is 0.278 e. The minimum Gasteiger partial charge on any atom is -0.466 e. The van der Waals surface area contributed by atoms with E-state index in [4.69, 9.17) is 27.9 Å². The molecule has 0 fully saturated rings. The van der Waals surface area contributed by atoms with Gasteiger partial charge in [-0.3, -0.25) is 4.79 Å². The lowest BCUT2D eigenvalue weighted by atomic mass is 10.3. The Hall–Kier alpha value is -0.730. The zero-order chi connectivity index (χ0) is 8.97. The highest BCUT2D eigenvalue weighted by Crippen LogP contribution is 2.13. The van der Waals surface area contributed by atoms with Gasteiger partial charge < -0.3 is 4.74 Å². The van der Waals surface area contributed by atoms with Crippen molar-refractivity contribution in [2.75, 3.05) is 0 Å². The fourth-order valence-electron chi connectivity index (χ4n) is 0.665. The van der Waals surface area contributed by atoms with Crippen LogP contribution < -0.4 is 4.74 Å². The topological polar surface area (TPSA) is 26.3 Å². The first-order valence-corrected chi connectivity index (χ1v) is 4.06. The van der Waals surface area contributed by atoms with Gasteiger partial charge in [0, 0.05) is 0 Å².